The molecule has 1 rings (SSSR count). The van der Waals surface area contributed by atoms with Crippen LogP contribution in [0.1, 0.15) is 25.8 Å². The molecular formula is C15H23FN2O2. The first-order valence-corrected chi connectivity index (χ1v) is 6.85. The Balaban J connectivity index is 2.63. The maximum Gasteiger partial charge on any atom is 0.238 e. The van der Waals surface area contributed by atoms with Gasteiger partial charge in [0.15, 0.2) is 0 Å². The lowest BCUT2D eigenvalue weighted by atomic mass is 10.2. The van der Waals surface area contributed by atoms with Crippen molar-refractivity contribution in [2.24, 2.45) is 0 Å². The summed E-state index contributed by atoms with van der Waals surface area (Å²) in [6.07, 6.45) is 0.629. The van der Waals surface area contributed by atoms with Crippen molar-refractivity contribution >= 4 is 11.6 Å². The van der Waals surface area contributed by atoms with Gasteiger partial charge >= 0.3 is 0 Å². The van der Waals surface area contributed by atoms with E-state index in [-0.39, 0.29) is 30.9 Å². The largest absolute Gasteiger partial charge is 0.396 e. The third-order valence-corrected chi connectivity index (χ3v) is 3.15. The molecule has 0 radical (unpaired) electrons. The Kier molecular flexibility index (Phi) is 6.61. The highest BCUT2D eigenvalue weighted by Crippen LogP contribution is 2.16. The van der Waals surface area contributed by atoms with Crippen LogP contribution in [0.2, 0.25) is 0 Å². The molecule has 0 aliphatic rings. The highest BCUT2D eigenvalue weighted by molar-refractivity contribution is 5.92. The molecule has 0 unspecified atom stereocenters. The molecule has 0 aliphatic carbocycles. The molecule has 1 aromatic carbocycles. The number of carbonyl (C=O) groups is 1. The van der Waals surface area contributed by atoms with Gasteiger partial charge in [-0.1, -0.05) is 6.07 Å². The minimum absolute atomic E-state index is 0.105. The summed E-state index contributed by atoms with van der Waals surface area (Å²) < 4.78 is 13.2. The Morgan fingerprint density at radius 2 is 2.15 bits per heavy atom. The highest BCUT2D eigenvalue weighted by atomic mass is 19.1. The topological polar surface area (TPSA) is 52.6 Å². The third-order valence-electron chi connectivity index (χ3n) is 3.15. The van der Waals surface area contributed by atoms with Crippen molar-refractivity contribution in [2.45, 2.75) is 33.2 Å². The average Bonchev–Trinajstić information content (AvgIpc) is 2.38. The molecule has 0 aliphatic heterocycles. The fourth-order valence-corrected chi connectivity index (χ4v) is 1.90. The zero-order valence-corrected chi connectivity index (χ0v) is 12.3. The van der Waals surface area contributed by atoms with Crippen molar-refractivity contribution in [2.75, 3.05) is 25.0 Å². The molecule has 5 heteroatoms. The summed E-state index contributed by atoms with van der Waals surface area (Å²) in [7, 11) is 0. The molecule has 20 heavy (non-hydrogen) atoms. The van der Waals surface area contributed by atoms with Gasteiger partial charge in [-0.15, -0.1) is 0 Å². The van der Waals surface area contributed by atoms with Crippen LogP contribution in [0.5, 0.6) is 0 Å². The van der Waals surface area contributed by atoms with E-state index < -0.39 is 0 Å². The number of nitrogens with zero attached hydrogens (tertiary/aromatic N) is 1. The minimum atomic E-state index is -0.369. The lowest BCUT2D eigenvalue weighted by Gasteiger charge is -2.25. The van der Waals surface area contributed by atoms with E-state index in [1.165, 1.54) is 12.1 Å². The lowest BCUT2D eigenvalue weighted by Crippen LogP contribution is -2.39. The molecule has 0 saturated carbocycles. The van der Waals surface area contributed by atoms with E-state index in [0.29, 0.717) is 18.7 Å². The molecule has 0 saturated heterocycles. The Morgan fingerprint density at radius 1 is 1.45 bits per heavy atom. The summed E-state index contributed by atoms with van der Waals surface area (Å²) in [6, 6.07) is 4.53. The number of aliphatic hydroxyl groups is 1. The molecule has 2 N–H and O–H groups in total. The van der Waals surface area contributed by atoms with Gasteiger partial charge in [0.05, 0.1) is 6.54 Å². The molecule has 0 aromatic heterocycles. The van der Waals surface area contributed by atoms with Crippen molar-refractivity contribution < 1.29 is 14.3 Å². The van der Waals surface area contributed by atoms with Gasteiger partial charge in [-0.05, 0) is 44.9 Å². The molecule has 0 atom stereocenters. The van der Waals surface area contributed by atoms with Crippen molar-refractivity contribution in [3.8, 4) is 0 Å². The van der Waals surface area contributed by atoms with Crippen LogP contribution in [0, 0.1) is 12.7 Å². The molecule has 0 bridgehead atoms. The number of hydrogen-bond donors (Lipinski definition) is 2. The number of halogens is 1. The van der Waals surface area contributed by atoms with Crippen LogP contribution in [-0.2, 0) is 4.79 Å². The number of anilines is 1. The summed E-state index contributed by atoms with van der Waals surface area (Å²) in [4.78, 5) is 14.0. The van der Waals surface area contributed by atoms with Gasteiger partial charge in [-0.25, -0.2) is 4.39 Å². The number of rotatable bonds is 7. The number of aliphatic hydroxyl groups excluding tert-OH is 1. The first kappa shape index (κ1) is 16.6. The summed E-state index contributed by atoms with van der Waals surface area (Å²) in [5, 5.41) is 11.6. The average molecular weight is 282 g/mol. The molecule has 0 spiro atoms. The number of amides is 1. The SMILES string of the molecule is Cc1ccc(F)cc1NC(=O)CN(CCCO)C(C)C. The molecular weight excluding hydrogens is 259 g/mol. The predicted octanol–water partition coefficient (Wildman–Crippen LogP) is 2.17. The second kappa shape index (κ2) is 7.97. The summed E-state index contributed by atoms with van der Waals surface area (Å²) in [5.41, 5.74) is 1.33. The number of benzene rings is 1. The van der Waals surface area contributed by atoms with Crippen LogP contribution in [-0.4, -0.2) is 41.7 Å². The van der Waals surface area contributed by atoms with E-state index in [1.54, 1.807) is 6.07 Å². The summed E-state index contributed by atoms with van der Waals surface area (Å²) >= 11 is 0. The monoisotopic (exact) mass is 282 g/mol. The zero-order chi connectivity index (χ0) is 15.1. The van der Waals surface area contributed by atoms with Crippen LogP contribution in [0.3, 0.4) is 0 Å². The molecule has 4 nitrogen and oxygen atoms in total. The van der Waals surface area contributed by atoms with Gasteiger partial charge < -0.3 is 10.4 Å². The van der Waals surface area contributed by atoms with Crippen LogP contribution in [0.15, 0.2) is 18.2 Å². The van der Waals surface area contributed by atoms with E-state index in [4.69, 9.17) is 5.11 Å². The number of hydrogen-bond acceptors (Lipinski definition) is 3. The zero-order valence-electron chi connectivity index (χ0n) is 12.3. The Bertz CT molecular complexity index is 449. The normalized spacial score (nSPS) is 11.2. The van der Waals surface area contributed by atoms with Crippen LogP contribution in [0.4, 0.5) is 10.1 Å². The molecule has 0 fully saturated rings. The summed E-state index contributed by atoms with van der Waals surface area (Å²) in [6.45, 7) is 6.81. The van der Waals surface area contributed by atoms with Crippen LogP contribution < -0.4 is 5.32 Å². The first-order chi connectivity index (χ1) is 9.43. The van der Waals surface area contributed by atoms with Gasteiger partial charge in [-0.2, -0.15) is 0 Å². The predicted molar refractivity (Wildman–Crippen MR) is 78.2 cm³/mol. The van der Waals surface area contributed by atoms with Crippen molar-refractivity contribution in [3.05, 3.63) is 29.6 Å². The van der Waals surface area contributed by atoms with Crippen LogP contribution in [0.25, 0.3) is 0 Å². The fourth-order valence-electron chi connectivity index (χ4n) is 1.90. The van der Waals surface area contributed by atoms with Crippen molar-refractivity contribution in [1.29, 1.82) is 0 Å². The highest BCUT2D eigenvalue weighted by Gasteiger charge is 2.14. The second-order valence-corrected chi connectivity index (χ2v) is 5.15. The molecule has 1 aromatic rings. The van der Waals surface area contributed by atoms with E-state index >= 15 is 0 Å². The Hall–Kier alpha value is -1.46. The van der Waals surface area contributed by atoms with Crippen molar-refractivity contribution in [3.63, 3.8) is 0 Å². The quantitative estimate of drug-likeness (QED) is 0.806. The maximum atomic E-state index is 13.2. The first-order valence-electron chi connectivity index (χ1n) is 6.85. The van der Waals surface area contributed by atoms with Crippen molar-refractivity contribution in [1.82, 2.24) is 4.90 Å². The van der Waals surface area contributed by atoms with Gasteiger partial charge in [0.1, 0.15) is 5.82 Å². The standard InChI is InChI=1S/C15H23FN2O2/c1-11(2)18(7-4-8-19)10-15(20)17-14-9-13(16)6-5-12(14)3/h5-6,9,11,19H,4,7-8,10H2,1-3H3,(H,17,20). The lowest BCUT2D eigenvalue weighted by molar-refractivity contribution is -0.117. The third kappa shape index (κ3) is 5.27. The fraction of sp³-hybridized carbons (Fsp3) is 0.533. The maximum absolute atomic E-state index is 13.2. The minimum Gasteiger partial charge on any atom is -0.396 e. The van der Waals surface area contributed by atoms with Gasteiger partial charge in [-0.3, -0.25) is 9.69 Å². The smallest absolute Gasteiger partial charge is 0.238 e. The second-order valence-electron chi connectivity index (χ2n) is 5.15. The van der Waals surface area contributed by atoms with Gasteiger partial charge in [0.2, 0.25) is 5.91 Å². The number of aryl methyl sites for hydroxylation is 1. The number of nitrogens with one attached hydrogen (secondary N) is 1. The van der Waals surface area contributed by atoms with E-state index in [1.807, 2.05) is 25.7 Å². The number of carbonyl (C=O) groups excluding carboxylic acids is 1. The molecule has 112 valence electrons. The Labute approximate surface area is 119 Å². The van der Waals surface area contributed by atoms with Gasteiger partial charge in [0, 0.05) is 24.9 Å². The van der Waals surface area contributed by atoms with Crippen LogP contribution >= 0.6 is 0 Å². The molecule has 0 heterocycles. The van der Waals surface area contributed by atoms with E-state index in [0.717, 1.165) is 5.56 Å². The van der Waals surface area contributed by atoms with E-state index in [9.17, 15) is 9.18 Å². The summed E-state index contributed by atoms with van der Waals surface area (Å²) in [5.74, 6) is -0.544. The molecule has 1 amide bonds. The van der Waals surface area contributed by atoms with E-state index in [2.05, 4.69) is 5.32 Å². The Morgan fingerprint density at radius 3 is 2.75 bits per heavy atom. The van der Waals surface area contributed by atoms with Gasteiger partial charge in [0.25, 0.3) is 0 Å².